The van der Waals surface area contributed by atoms with Crippen LogP contribution < -0.4 is 4.90 Å². The van der Waals surface area contributed by atoms with Gasteiger partial charge in [-0.1, -0.05) is 164 Å². The molecule has 0 radical (unpaired) electrons. The van der Waals surface area contributed by atoms with Gasteiger partial charge in [-0.3, -0.25) is 0 Å². The van der Waals surface area contributed by atoms with Crippen LogP contribution in [0, 0.1) is 0 Å². The Morgan fingerprint density at radius 1 is 0.304 bits per heavy atom. The van der Waals surface area contributed by atoms with Gasteiger partial charge in [-0.05, 0) is 97.9 Å². The summed E-state index contributed by atoms with van der Waals surface area (Å²) >= 11 is 0. The van der Waals surface area contributed by atoms with Crippen molar-refractivity contribution in [2.45, 2.75) is 0 Å². The minimum absolute atomic E-state index is 0.885. The molecule has 0 fully saturated rings. The van der Waals surface area contributed by atoms with E-state index in [-0.39, 0.29) is 0 Å². The Kier molecular flexibility index (Phi) is 7.53. The molecule has 0 aliphatic carbocycles. The predicted octanol–water partition coefficient (Wildman–Crippen LogP) is 15.5. The van der Waals surface area contributed by atoms with Crippen LogP contribution in [0.1, 0.15) is 0 Å². The second-order valence-electron chi connectivity index (χ2n) is 14.5. The van der Waals surface area contributed by atoms with Crippen LogP contribution in [-0.4, -0.2) is 0 Å². The van der Waals surface area contributed by atoms with Crippen LogP contribution in [0.2, 0.25) is 0 Å². The third kappa shape index (κ3) is 5.34. The van der Waals surface area contributed by atoms with Crippen LogP contribution in [0.3, 0.4) is 0 Å². The number of anilines is 3. The van der Waals surface area contributed by atoms with Crippen LogP contribution in [0.4, 0.5) is 17.1 Å². The number of rotatable bonds is 6. The normalized spacial score (nSPS) is 11.6. The molecule has 0 amide bonds. The summed E-state index contributed by atoms with van der Waals surface area (Å²) in [6.07, 6.45) is 0. The Morgan fingerprint density at radius 2 is 0.857 bits per heavy atom. The van der Waals surface area contributed by atoms with Crippen molar-refractivity contribution in [1.82, 2.24) is 0 Å². The van der Waals surface area contributed by atoms with Crippen molar-refractivity contribution in [1.29, 1.82) is 0 Å². The molecule has 0 N–H and O–H groups in total. The maximum absolute atomic E-state index is 6.65. The van der Waals surface area contributed by atoms with Gasteiger partial charge < -0.3 is 9.32 Å². The molecular weight excluding hydrogens is 679 g/mol. The van der Waals surface area contributed by atoms with Crippen molar-refractivity contribution in [3.8, 4) is 33.4 Å². The first-order valence-electron chi connectivity index (χ1n) is 19.2. The minimum atomic E-state index is 0.885. The van der Waals surface area contributed by atoms with Crippen molar-refractivity contribution in [2.24, 2.45) is 0 Å². The van der Waals surface area contributed by atoms with Gasteiger partial charge in [0.1, 0.15) is 11.2 Å². The molecular formula is C54H35NO. The molecule has 56 heavy (non-hydrogen) atoms. The zero-order valence-corrected chi connectivity index (χ0v) is 30.6. The number of fused-ring (bicyclic) bond motifs is 7. The Hall–Kier alpha value is -7.42. The molecule has 0 aliphatic rings. The Bertz CT molecular complexity index is 3250. The summed E-state index contributed by atoms with van der Waals surface area (Å²) in [5.41, 5.74) is 12.2. The van der Waals surface area contributed by atoms with E-state index >= 15 is 0 Å². The molecule has 0 spiro atoms. The monoisotopic (exact) mass is 713 g/mol. The largest absolute Gasteiger partial charge is 0.455 e. The van der Waals surface area contributed by atoms with E-state index in [2.05, 4.69) is 217 Å². The molecule has 2 nitrogen and oxygen atoms in total. The molecule has 0 saturated heterocycles. The van der Waals surface area contributed by atoms with Crippen molar-refractivity contribution in [3.05, 3.63) is 212 Å². The number of furan rings is 1. The van der Waals surface area contributed by atoms with Crippen molar-refractivity contribution in [2.75, 3.05) is 4.90 Å². The van der Waals surface area contributed by atoms with Crippen molar-refractivity contribution >= 4 is 71.3 Å². The fourth-order valence-corrected chi connectivity index (χ4v) is 8.54. The van der Waals surface area contributed by atoms with Gasteiger partial charge in [-0.2, -0.15) is 0 Å². The van der Waals surface area contributed by atoms with Gasteiger partial charge in [0, 0.05) is 32.8 Å². The topological polar surface area (TPSA) is 16.4 Å². The summed E-state index contributed by atoms with van der Waals surface area (Å²) in [6.45, 7) is 0. The van der Waals surface area contributed by atoms with E-state index in [1.807, 2.05) is 0 Å². The molecule has 1 aromatic heterocycles. The molecule has 262 valence electrons. The molecule has 0 saturated carbocycles. The Labute approximate surface area is 325 Å². The molecule has 2 heteroatoms. The summed E-state index contributed by atoms with van der Waals surface area (Å²) < 4.78 is 6.65. The van der Waals surface area contributed by atoms with Crippen molar-refractivity contribution < 1.29 is 4.42 Å². The maximum atomic E-state index is 6.65. The van der Waals surface area contributed by atoms with E-state index in [1.165, 1.54) is 49.2 Å². The molecule has 10 aromatic carbocycles. The predicted molar refractivity (Wildman–Crippen MR) is 237 cm³/mol. The highest BCUT2D eigenvalue weighted by Crippen LogP contribution is 2.45. The summed E-state index contributed by atoms with van der Waals surface area (Å²) in [5.74, 6) is 0. The van der Waals surface area contributed by atoms with Crippen LogP contribution in [-0.2, 0) is 0 Å². The minimum Gasteiger partial charge on any atom is -0.455 e. The Balaban J connectivity index is 1.04. The van der Waals surface area contributed by atoms with E-state index < -0.39 is 0 Å². The number of para-hydroxylation sites is 1. The number of benzene rings is 10. The lowest BCUT2D eigenvalue weighted by Crippen LogP contribution is -2.11. The van der Waals surface area contributed by atoms with Crippen molar-refractivity contribution in [3.63, 3.8) is 0 Å². The molecule has 11 aromatic rings. The number of hydrogen-bond acceptors (Lipinski definition) is 2. The van der Waals surface area contributed by atoms with Gasteiger partial charge in [0.2, 0.25) is 0 Å². The summed E-state index contributed by atoms with van der Waals surface area (Å²) in [4.78, 5) is 2.41. The molecule has 0 unspecified atom stereocenters. The van der Waals surface area contributed by atoms with E-state index in [0.717, 1.165) is 55.5 Å². The second-order valence-corrected chi connectivity index (χ2v) is 14.5. The van der Waals surface area contributed by atoms with Crippen LogP contribution in [0.25, 0.3) is 87.6 Å². The van der Waals surface area contributed by atoms with Gasteiger partial charge >= 0.3 is 0 Å². The first-order chi connectivity index (χ1) is 27.8. The van der Waals surface area contributed by atoms with Crippen LogP contribution >= 0.6 is 0 Å². The fourth-order valence-electron chi connectivity index (χ4n) is 8.54. The average molecular weight is 714 g/mol. The maximum Gasteiger partial charge on any atom is 0.143 e. The van der Waals surface area contributed by atoms with E-state index in [1.54, 1.807) is 0 Å². The van der Waals surface area contributed by atoms with Crippen LogP contribution in [0.5, 0.6) is 0 Å². The van der Waals surface area contributed by atoms with Gasteiger partial charge in [0.25, 0.3) is 0 Å². The van der Waals surface area contributed by atoms with E-state index in [0.29, 0.717) is 0 Å². The van der Waals surface area contributed by atoms with E-state index in [4.69, 9.17) is 4.42 Å². The zero-order valence-electron chi connectivity index (χ0n) is 30.6. The van der Waals surface area contributed by atoms with Gasteiger partial charge in [0.05, 0.1) is 11.4 Å². The standard InChI is InChI=1S/C54H35NO/c1-4-19-44-37(12-1)15-10-23-45(44)41-18-9-17-40(34-41)36-26-30-43(31-27-36)55(52-25-11-16-38-13-2-5-20-46(38)52)51-24-8-7-21-47(51)42-29-32-49-50-33-28-39-14-3-6-22-48(39)54(50)56-53(49)35-42/h1-35H. The molecule has 11 rings (SSSR count). The molecule has 0 bridgehead atoms. The zero-order chi connectivity index (χ0) is 37.0. The first-order valence-corrected chi connectivity index (χ1v) is 19.2. The first kappa shape index (κ1) is 32.0. The summed E-state index contributed by atoms with van der Waals surface area (Å²) in [5, 5.41) is 9.48. The van der Waals surface area contributed by atoms with Gasteiger partial charge in [-0.15, -0.1) is 0 Å². The SMILES string of the molecule is c1cc(-c2ccc(N(c3ccccc3-c3ccc4c(c3)oc3c5ccccc5ccc43)c3cccc4ccccc34)cc2)cc(-c2cccc3ccccc23)c1. The highest BCUT2D eigenvalue weighted by Gasteiger charge is 2.20. The molecule has 0 atom stereocenters. The second kappa shape index (κ2) is 13.2. The number of nitrogens with zero attached hydrogens (tertiary/aromatic N) is 1. The lowest BCUT2D eigenvalue weighted by atomic mass is 9.95. The number of hydrogen-bond donors (Lipinski definition) is 0. The third-order valence-electron chi connectivity index (χ3n) is 11.2. The third-order valence-corrected chi connectivity index (χ3v) is 11.2. The summed E-state index contributed by atoms with van der Waals surface area (Å²) in [6, 6.07) is 76.5. The smallest absolute Gasteiger partial charge is 0.143 e. The highest BCUT2D eigenvalue weighted by molar-refractivity contribution is 6.15. The molecule has 1 heterocycles. The quantitative estimate of drug-likeness (QED) is 0.171. The molecule has 0 aliphatic heterocycles. The van der Waals surface area contributed by atoms with Gasteiger partial charge in [0.15, 0.2) is 0 Å². The lowest BCUT2D eigenvalue weighted by molar-refractivity contribution is 0.673. The van der Waals surface area contributed by atoms with Crippen LogP contribution in [0.15, 0.2) is 217 Å². The van der Waals surface area contributed by atoms with Gasteiger partial charge in [-0.25, -0.2) is 0 Å². The highest BCUT2D eigenvalue weighted by atomic mass is 16.3. The fraction of sp³-hybridized carbons (Fsp3) is 0. The lowest BCUT2D eigenvalue weighted by Gasteiger charge is -2.29. The average Bonchev–Trinajstić information content (AvgIpc) is 3.65. The Morgan fingerprint density at radius 3 is 1.70 bits per heavy atom. The van der Waals surface area contributed by atoms with E-state index in [9.17, 15) is 0 Å². The summed E-state index contributed by atoms with van der Waals surface area (Å²) in [7, 11) is 0.